The van der Waals surface area contributed by atoms with Gasteiger partial charge in [0, 0.05) is 5.02 Å². The first kappa shape index (κ1) is 19.5. The summed E-state index contributed by atoms with van der Waals surface area (Å²) in [6.45, 7) is 1.80. The number of rotatable bonds is 4. The van der Waals surface area contributed by atoms with Crippen LogP contribution in [0.25, 0.3) is 11.4 Å². The number of aromatic amines is 1. The van der Waals surface area contributed by atoms with E-state index in [0.29, 0.717) is 27.8 Å². The molecule has 0 aliphatic rings. The molecule has 4 aromatic rings. The van der Waals surface area contributed by atoms with Gasteiger partial charge in [-0.25, -0.2) is 23.5 Å². The van der Waals surface area contributed by atoms with Gasteiger partial charge < -0.3 is 4.74 Å². The van der Waals surface area contributed by atoms with E-state index in [1.165, 1.54) is 6.07 Å². The fourth-order valence-corrected chi connectivity index (χ4v) is 3.23. The van der Waals surface area contributed by atoms with Crippen LogP contribution in [0, 0.1) is 6.92 Å². The van der Waals surface area contributed by atoms with E-state index in [1.807, 2.05) is 30.3 Å². The Morgan fingerprint density at radius 2 is 1.47 bits per heavy atom. The number of para-hydroxylation sites is 1. The van der Waals surface area contributed by atoms with Crippen molar-refractivity contribution in [1.82, 2.24) is 14.1 Å². The largest absolute Gasteiger partial charge is 0.457 e. The Labute approximate surface area is 175 Å². The second kappa shape index (κ2) is 7.88. The Bertz CT molecular complexity index is 1400. The maximum atomic E-state index is 13.0. The zero-order valence-corrected chi connectivity index (χ0v) is 16.6. The zero-order valence-electron chi connectivity index (χ0n) is 15.8. The third kappa shape index (κ3) is 3.70. The third-order valence-corrected chi connectivity index (χ3v) is 4.69. The highest BCUT2D eigenvalue weighted by atomic mass is 35.5. The zero-order chi connectivity index (χ0) is 21.3. The van der Waals surface area contributed by atoms with Crippen molar-refractivity contribution < 1.29 is 4.74 Å². The maximum absolute atomic E-state index is 13.0. The number of aryl methyl sites for hydroxylation is 1. The lowest BCUT2D eigenvalue weighted by Gasteiger charge is -2.12. The Morgan fingerprint density at radius 1 is 0.800 bits per heavy atom. The minimum Gasteiger partial charge on any atom is -0.457 e. The first-order chi connectivity index (χ1) is 14.4. The second-order valence-corrected chi connectivity index (χ2v) is 6.97. The van der Waals surface area contributed by atoms with E-state index in [9.17, 15) is 14.4 Å². The van der Waals surface area contributed by atoms with Crippen LogP contribution in [0.4, 0.5) is 0 Å². The molecule has 0 aliphatic carbocycles. The Kier molecular flexibility index (Phi) is 5.12. The van der Waals surface area contributed by atoms with Crippen molar-refractivity contribution in [2.45, 2.75) is 6.92 Å². The van der Waals surface area contributed by atoms with Crippen molar-refractivity contribution in [3.63, 3.8) is 0 Å². The number of halogens is 1. The number of H-pyrrole nitrogens is 1. The van der Waals surface area contributed by atoms with Crippen LogP contribution in [-0.2, 0) is 0 Å². The number of nitrogens with one attached hydrogen (secondary N) is 1. The molecule has 0 bridgehead atoms. The van der Waals surface area contributed by atoms with Gasteiger partial charge in [-0.15, -0.1) is 0 Å². The minimum atomic E-state index is -0.843. The molecule has 7 nitrogen and oxygen atoms in total. The standard InChI is InChI=1S/C22H16ClN3O4/c1-14-12-17(10-11-19(14)30-18-8-3-2-4-9-18)26-21(28)24-20(27)25(22(26)29)16-7-5-6-15(23)13-16/h2-13H,1H3,(H,24,27,28). The summed E-state index contributed by atoms with van der Waals surface area (Å²) in [6, 6.07) is 20.4. The molecule has 1 N–H and O–H groups in total. The Balaban J connectivity index is 1.82. The molecule has 150 valence electrons. The van der Waals surface area contributed by atoms with E-state index < -0.39 is 17.1 Å². The quantitative estimate of drug-likeness (QED) is 0.547. The third-order valence-electron chi connectivity index (χ3n) is 4.46. The van der Waals surface area contributed by atoms with Crippen molar-refractivity contribution in [1.29, 1.82) is 0 Å². The second-order valence-electron chi connectivity index (χ2n) is 6.53. The molecule has 0 amide bonds. The van der Waals surface area contributed by atoms with E-state index in [4.69, 9.17) is 16.3 Å². The molecule has 1 aromatic heterocycles. The van der Waals surface area contributed by atoms with Crippen LogP contribution in [0.2, 0.25) is 5.02 Å². The number of benzene rings is 3. The van der Waals surface area contributed by atoms with Crippen LogP contribution in [0.1, 0.15) is 5.56 Å². The van der Waals surface area contributed by atoms with Crippen LogP contribution >= 0.6 is 11.6 Å². The van der Waals surface area contributed by atoms with Gasteiger partial charge in [0.25, 0.3) is 0 Å². The number of hydrogen-bond donors (Lipinski definition) is 1. The summed E-state index contributed by atoms with van der Waals surface area (Å²) in [6.07, 6.45) is 0. The number of aromatic nitrogens is 3. The van der Waals surface area contributed by atoms with Gasteiger partial charge >= 0.3 is 17.1 Å². The molecule has 30 heavy (non-hydrogen) atoms. The van der Waals surface area contributed by atoms with E-state index in [1.54, 1.807) is 43.3 Å². The molecule has 0 saturated heterocycles. The average molecular weight is 422 g/mol. The van der Waals surface area contributed by atoms with Crippen molar-refractivity contribution in [3.05, 3.63) is 115 Å². The monoisotopic (exact) mass is 421 g/mol. The van der Waals surface area contributed by atoms with Crippen LogP contribution in [0.5, 0.6) is 11.5 Å². The maximum Gasteiger partial charge on any atom is 0.345 e. The van der Waals surface area contributed by atoms with E-state index in [0.717, 1.165) is 9.13 Å². The smallest absolute Gasteiger partial charge is 0.345 e. The van der Waals surface area contributed by atoms with E-state index >= 15 is 0 Å². The average Bonchev–Trinajstić information content (AvgIpc) is 2.70. The number of ether oxygens (including phenoxy) is 1. The molecule has 0 fully saturated rings. The summed E-state index contributed by atoms with van der Waals surface area (Å²) < 4.78 is 7.59. The lowest BCUT2D eigenvalue weighted by Crippen LogP contribution is -2.48. The highest BCUT2D eigenvalue weighted by Gasteiger charge is 2.14. The van der Waals surface area contributed by atoms with Gasteiger partial charge in [-0.1, -0.05) is 35.9 Å². The molecule has 8 heteroatoms. The van der Waals surface area contributed by atoms with E-state index in [2.05, 4.69) is 4.98 Å². The van der Waals surface area contributed by atoms with Gasteiger partial charge in [0.1, 0.15) is 11.5 Å². The molecular weight excluding hydrogens is 406 g/mol. The summed E-state index contributed by atoms with van der Waals surface area (Å²) in [4.78, 5) is 40.0. The van der Waals surface area contributed by atoms with Gasteiger partial charge in [0.2, 0.25) is 0 Å². The molecule has 0 unspecified atom stereocenters. The fraction of sp³-hybridized carbons (Fsp3) is 0.0455. The predicted molar refractivity (Wildman–Crippen MR) is 115 cm³/mol. The lowest BCUT2D eigenvalue weighted by molar-refractivity contribution is 0.478. The van der Waals surface area contributed by atoms with Crippen molar-refractivity contribution in [3.8, 4) is 22.9 Å². The van der Waals surface area contributed by atoms with E-state index in [-0.39, 0.29) is 5.69 Å². The Hall–Kier alpha value is -3.84. The molecule has 3 aromatic carbocycles. The highest BCUT2D eigenvalue weighted by Crippen LogP contribution is 2.26. The summed E-state index contributed by atoms with van der Waals surface area (Å²) in [5.41, 5.74) is -1.22. The van der Waals surface area contributed by atoms with Crippen LogP contribution in [0.3, 0.4) is 0 Å². The van der Waals surface area contributed by atoms with Gasteiger partial charge in [0.05, 0.1) is 11.4 Å². The SMILES string of the molecule is Cc1cc(-n2c(=O)[nH]c(=O)n(-c3cccc(Cl)c3)c2=O)ccc1Oc1ccccc1. The lowest BCUT2D eigenvalue weighted by atomic mass is 10.2. The molecule has 0 atom stereocenters. The Morgan fingerprint density at radius 3 is 2.10 bits per heavy atom. The van der Waals surface area contributed by atoms with Crippen molar-refractivity contribution >= 4 is 11.6 Å². The predicted octanol–water partition coefficient (Wildman–Crippen LogP) is 3.43. The summed E-state index contributed by atoms with van der Waals surface area (Å²) >= 11 is 5.98. The molecular formula is C22H16ClN3O4. The van der Waals surface area contributed by atoms with Crippen molar-refractivity contribution in [2.75, 3.05) is 0 Å². The van der Waals surface area contributed by atoms with Gasteiger partial charge in [0.15, 0.2) is 0 Å². The molecule has 0 spiro atoms. The molecule has 1 heterocycles. The van der Waals surface area contributed by atoms with Gasteiger partial charge in [-0.05, 0) is 61.0 Å². The first-order valence-corrected chi connectivity index (χ1v) is 9.40. The minimum absolute atomic E-state index is 0.253. The topological polar surface area (TPSA) is 86.1 Å². The highest BCUT2D eigenvalue weighted by molar-refractivity contribution is 6.30. The summed E-state index contributed by atoms with van der Waals surface area (Å²) in [5.74, 6) is 1.25. The van der Waals surface area contributed by atoms with Gasteiger partial charge in [-0.3, -0.25) is 4.98 Å². The normalized spacial score (nSPS) is 10.7. The molecule has 0 saturated carbocycles. The summed E-state index contributed by atoms with van der Waals surface area (Å²) in [5, 5.41) is 0.356. The summed E-state index contributed by atoms with van der Waals surface area (Å²) in [7, 11) is 0. The molecule has 0 radical (unpaired) electrons. The van der Waals surface area contributed by atoms with Crippen LogP contribution in [0.15, 0.2) is 87.2 Å². The van der Waals surface area contributed by atoms with Crippen LogP contribution < -0.4 is 21.8 Å². The van der Waals surface area contributed by atoms with Gasteiger partial charge in [-0.2, -0.15) is 0 Å². The van der Waals surface area contributed by atoms with Crippen LogP contribution in [-0.4, -0.2) is 14.1 Å². The number of nitrogens with zero attached hydrogens (tertiary/aromatic N) is 2. The fourth-order valence-electron chi connectivity index (χ4n) is 3.05. The molecule has 4 rings (SSSR count). The van der Waals surface area contributed by atoms with Crippen molar-refractivity contribution in [2.24, 2.45) is 0 Å². The first-order valence-electron chi connectivity index (χ1n) is 9.02. The molecule has 0 aliphatic heterocycles. The number of hydrogen-bond acceptors (Lipinski definition) is 4.